The molecule has 1 aromatic rings. The molecule has 1 amide bonds. The van der Waals surface area contributed by atoms with Crippen molar-refractivity contribution in [3.8, 4) is 0 Å². The number of hydrogen-bond acceptors (Lipinski definition) is 4. The van der Waals surface area contributed by atoms with Crippen molar-refractivity contribution < 1.29 is 9.53 Å². The first-order chi connectivity index (χ1) is 12.4. The summed E-state index contributed by atoms with van der Waals surface area (Å²) in [6.45, 7) is 14.5. The summed E-state index contributed by atoms with van der Waals surface area (Å²) in [5.41, 5.74) is 3.47. The highest BCUT2D eigenvalue weighted by molar-refractivity contribution is 5.97. The van der Waals surface area contributed by atoms with Crippen LogP contribution >= 0.6 is 0 Å². The Kier molecular flexibility index (Phi) is 6.00. The highest BCUT2D eigenvalue weighted by atomic mass is 16.5. The second-order valence-corrected chi connectivity index (χ2v) is 8.34. The Labute approximate surface area is 157 Å². The number of benzene rings is 1. The third-order valence-corrected chi connectivity index (χ3v) is 5.60. The topological polar surface area (TPSA) is 44.8 Å². The van der Waals surface area contributed by atoms with E-state index in [4.69, 9.17) is 4.74 Å². The first-order valence-electron chi connectivity index (χ1n) is 9.83. The fourth-order valence-corrected chi connectivity index (χ4v) is 4.36. The van der Waals surface area contributed by atoms with Crippen molar-refractivity contribution in [1.82, 2.24) is 10.2 Å². The third kappa shape index (κ3) is 4.27. The summed E-state index contributed by atoms with van der Waals surface area (Å²) in [6, 6.07) is 6.47. The number of fused-ring (bicyclic) bond motifs is 1. The van der Waals surface area contributed by atoms with Crippen LogP contribution in [0.1, 0.15) is 44.2 Å². The molecule has 2 aliphatic heterocycles. The van der Waals surface area contributed by atoms with Crippen LogP contribution < -0.4 is 10.2 Å². The van der Waals surface area contributed by atoms with Crippen molar-refractivity contribution in [2.45, 2.75) is 45.6 Å². The molecule has 0 aromatic heterocycles. The Hall–Kier alpha value is -1.43. The fraction of sp³-hybridized carbons (Fsp3) is 0.667. The Morgan fingerprint density at radius 3 is 2.77 bits per heavy atom. The Balaban J connectivity index is 1.62. The molecule has 2 heterocycles. The molecule has 1 unspecified atom stereocenters. The second-order valence-electron chi connectivity index (χ2n) is 8.34. The zero-order valence-corrected chi connectivity index (χ0v) is 16.7. The Morgan fingerprint density at radius 2 is 2.04 bits per heavy atom. The van der Waals surface area contributed by atoms with Crippen LogP contribution in [0.5, 0.6) is 0 Å². The van der Waals surface area contributed by atoms with E-state index in [9.17, 15) is 4.79 Å². The van der Waals surface area contributed by atoms with E-state index in [-0.39, 0.29) is 11.4 Å². The summed E-state index contributed by atoms with van der Waals surface area (Å²) in [6.07, 6.45) is 0.989. The van der Waals surface area contributed by atoms with Crippen LogP contribution in [0.25, 0.3) is 0 Å². The minimum Gasteiger partial charge on any atom is -0.379 e. The SMILES string of the molecule is Cc1ccc2c(c1)C(C)CC(C)(C)N2C(=O)CNCCN1CCOCC1. The van der Waals surface area contributed by atoms with Gasteiger partial charge in [-0.2, -0.15) is 0 Å². The molecule has 5 nitrogen and oxygen atoms in total. The highest BCUT2D eigenvalue weighted by Crippen LogP contribution is 2.43. The molecule has 0 radical (unpaired) electrons. The number of ether oxygens (including phenoxy) is 1. The summed E-state index contributed by atoms with van der Waals surface area (Å²) >= 11 is 0. The third-order valence-electron chi connectivity index (χ3n) is 5.60. The monoisotopic (exact) mass is 359 g/mol. The van der Waals surface area contributed by atoms with Crippen molar-refractivity contribution in [3.05, 3.63) is 29.3 Å². The first kappa shape index (κ1) is 19.3. The van der Waals surface area contributed by atoms with Crippen molar-refractivity contribution >= 4 is 11.6 Å². The van der Waals surface area contributed by atoms with E-state index in [0.717, 1.165) is 51.5 Å². The molecule has 5 heteroatoms. The van der Waals surface area contributed by atoms with Crippen molar-refractivity contribution in [1.29, 1.82) is 0 Å². The number of carbonyl (C=O) groups is 1. The largest absolute Gasteiger partial charge is 0.379 e. The second kappa shape index (κ2) is 8.07. The lowest BCUT2D eigenvalue weighted by molar-refractivity contribution is -0.119. The maximum Gasteiger partial charge on any atom is 0.241 e. The Bertz CT molecular complexity index is 638. The lowest BCUT2D eigenvalue weighted by Gasteiger charge is -2.46. The van der Waals surface area contributed by atoms with Gasteiger partial charge in [0.25, 0.3) is 0 Å². The molecule has 0 bridgehead atoms. The molecule has 3 rings (SSSR count). The predicted octanol–water partition coefficient (Wildman–Crippen LogP) is 2.54. The number of morpholine rings is 1. The lowest BCUT2D eigenvalue weighted by atomic mass is 9.79. The molecule has 1 atom stereocenters. The summed E-state index contributed by atoms with van der Waals surface area (Å²) in [7, 11) is 0. The number of aryl methyl sites for hydroxylation is 1. The van der Waals surface area contributed by atoms with Gasteiger partial charge in [0.2, 0.25) is 5.91 Å². The molecule has 1 fully saturated rings. The smallest absolute Gasteiger partial charge is 0.241 e. The van der Waals surface area contributed by atoms with E-state index < -0.39 is 0 Å². The lowest BCUT2D eigenvalue weighted by Crippen LogP contribution is -2.54. The normalized spacial score (nSPS) is 22.9. The maximum atomic E-state index is 13.0. The quantitative estimate of drug-likeness (QED) is 0.821. The number of rotatable bonds is 5. The minimum atomic E-state index is -0.162. The summed E-state index contributed by atoms with van der Waals surface area (Å²) in [5.74, 6) is 0.632. The van der Waals surface area contributed by atoms with Gasteiger partial charge in [-0.1, -0.05) is 24.6 Å². The molecular formula is C21H33N3O2. The number of hydrogen-bond donors (Lipinski definition) is 1. The van der Waals surface area contributed by atoms with Crippen LogP contribution in [0.3, 0.4) is 0 Å². The summed E-state index contributed by atoms with van der Waals surface area (Å²) in [4.78, 5) is 17.4. The van der Waals surface area contributed by atoms with E-state index in [1.165, 1.54) is 11.1 Å². The Morgan fingerprint density at radius 1 is 1.31 bits per heavy atom. The van der Waals surface area contributed by atoms with Gasteiger partial charge in [0.15, 0.2) is 0 Å². The molecule has 1 aromatic carbocycles. The van der Waals surface area contributed by atoms with Crippen LogP contribution in [-0.4, -0.2) is 62.3 Å². The molecular weight excluding hydrogens is 326 g/mol. The van der Waals surface area contributed by atoms with E-state index in [0.29, 0.717) is 12.5 Å². The van der Waals surface area contributed by atoms with Crippen LogP contribution in [-0.2, 0) is 9.53 Å². The molecule has 1 N–H and O–H groups in total. The molecule has 144 valence electrons. The van der Waals surface area contributed by atoms with Gasteiger partial charge < -0.3 is 15.0 Å². The zero-order chi connectivity index (χ0) is 18.7. The first-order valence-corrected chi connectivity index (χ1v) is 9.83. The van der Waals surface area contributed by atoms with Gasteiger partial charge in [-0.3, -0.25) is 9.69 Å². The van der Waals surface area contributed by atoms with Crippen LogP contribution in [0.4, 0.5) is 5.69 Å². The maximum absolute atomic E-state index is 13.0. The molecule has 26 heavy (non-hydrogen) atoms. The molecule has 2 aliphatic rings. The number of nitrogens with zero attached hydrogens (tertiary/aromatic N) is 2. The van der Waals surface area contributed by atoms with Gasteiger partial charge in [-0.25, -0.2) is 0 Å². The van der Waals surface area contributed by atoms with Gasteiger partial charge in [-0.05, 0) is 44.7 Å². The van der Waals surface area contributed by atoms with Crippen LogP contribution in [0.2, 0.25) is 0 Å². The number of anilines is 1. The van der Waals surface area contributed by atoms with Gasteiger partial charge >= 0.3 is 0 Å². The standard InChI is InChI=1S/C21H33N3O2/c1-16-5-6-19-18(13-16)17(2)14-21(3,4)24(19)20(25)15-22-7-8-23-9-11-26-12-10-23/h5-6,13,17,22H,7-12,14-15H2,1-4H3. The van der Waals surface area contributed by atoms with Crippen molar-refractivity contribution in [2.75, 3.05) is 50.8 Å². The number of nitrogens with one attached hydrogen (secondary N) is 1. The number of amides is 1. The van der Waals surface area contributed by atoms with Gasteiger partial charge in [0, 0.05) is 37.4 Å². The van der Waals surface area contributed by atoms with Gasteiger partial charge in [0.1, 0.15) is 0 Å². The average Bonchev–Trinajstić information content (AvgIpc) is 2.59. The van der Waals surface area contributed by atoms with E-state index in [1.54, 1.807) is 0 Å². The molecule has 0 spiro atoms. The average molecular weight is 360 g/mol. The predicted molar refractivity (Wildman–Crippen MR) is 106 cm³/mol. The summed E-state index contributed by atoms with van der Waals surface area (Å²) in [5, 5.41) is 3.35. The van der Waals surface area contributed by atoms with Crippen LogP contribution in [0, 0.1) is 6.92 Å². The zero-order valence-electron chi connectivity index (χ0n) is 16.7. The highest BCUT2D eigenvalue weighted by Gasteiger charge is 2.39. The van der Waals surface area contributed by atoms with Crippen molar-refractivity contribution in [3.63, 3.8) is 0 Å². The molecule has 0 aliphatic carbocycles. The van der Waals surface area contributed by atoms with Crippen LogP contribution in [0.15, 0.2) is 18.2 Å². The van der Waals surface area contributed by atoms with Gasteiger partial charge in [-0.15, -0.1) is 0 Å². The van der Waals surface area contributed by atoms with Gasteiger partial charge in [0.05, 0.1) is 19.8 Å². The van der Waals surface area contributed by atoms with E-state index >= 15 is 0 Å². The van der Waals surface area contributed by atoms with Crippen molar-refractivity contribution in [2.24, 2.45) is 0 Å². The molecule has 1 saturated heterocycles. The number of carbonyl (C=O) groups excluding carboxylic acids is 1. The van der Waals surface area contributed by atoms with E-state index in [1.807, 2.05) is 4.90 Å². The minimum absolute atomic E-state index is 0.161. The fourth-order valence-electron chi connectivity index (χ4n) is 4.36. The summed E-state index contributed by atoms with van der Waals surface area (Å²) < 4.78 is 5.37. The van der Waals surface area contributed by atoms with E-state index in [2.05, 4.69) is 56.1 Å². The molecule has 0 saturated carbocycles.